The van der Waals surface area contributed by atoms with Gasteiger partial charge in [0.05, 0.1) is 6.04 Å². The first kappa shape index (κ1) is 13.9. The van der Waals surface area contributed by atoms with E-state index in [1.165, 1.54) is 0 Å². The van der Waals surface area contributed by atoms with E-state index < -0.39 is 6.04 Å². The largest absolute Gasteiger partial charge is 0.385 e. The maximum Gasteiger partial charge on any atom is 0.237 e. The summed E-state index contributed by atoms with van der Waals surface area (Å²) in [5.41, 5.74) is 5.56. The molecular formula is C9H19N3O3. The van der Waals surface area contributed by atoms with Gasteiger partial charge in [0.25, 0.3) is 0 Å². The minimum Gasteiger partial charge on any atom is -0.385 e. The number of methoxy groups -OCH3 is 1. The highest BCUT2D eigenvalue weighted by Gasteiger charge is 2.12. The van der Waals surface area contributed by atoms with Gasteiger partial charge in [0.1, 0.15) is 0 Å². The summed E-state index contributed by atoms with van der Waals surface area (Å²) in [7, 11) is 3.10. The molecule has 0 radical (unpaired) electrons. The summed E-state index contributed by atoms with van der Waals surface area (Å²) in [6, 6.07) is -0.574. The highest BCUT2D eigenvalue weighted by atomic mass is 16.5. The van der Waals surface area contributed by atoms with Gasteiger partial charge in [0.15, 0.2) is 0 Å². The van der Waals surface area contributed by atoms with Crippen LogP contribution in [0.5, 0.6) is 0 Å². The van der Waals surface area contributed by atoms with E-state index in [1.54, 1.807) is 14.2 Å². The highest BCUT2D eigenvalue weighted by molar-refractivity contribution is 5.82. The Hall–Kier alpha value is -1.14. The number of nitrogens with two attached hydrogens (primary N) is 1. The minimum atomic E-state index is -0.574. The van der Waals surface area contributed by atoms with Crippen LogP contribution in [-0.2, 0) is 14.3 Å². The molecule has 0 bridgehead atoms. The number of carbonyl (C=O) groups is 2. The fourth-order valence-electron chi connectivity index (χ4n) is 0.931. The number of hydrogen-bond donors (Lipinski definition) is 3. The van der Waals surface area contributed by atoms with Gasteiger partial charge < -0.3 is 21.1 Å². The molecule has 0 saturated heterocycles. The van der Waals surface area contributed by atoms with Crippen LogP contribution in [0.4, 0.5) is 0 Å². The van der Waals surface area contributed by atoms with E-state index in [-0.39, 0.29) is 18.2 Å². The van der Waals surface area contributed by atoms with Crippen molar-refractivity contribution in [2.24, 2.45) is 5.73 Å². The third-order valence-corrected chi connectivity index (χ3v) is 1.90. The van der Waals surface area contributed by atoms with Crippen molar-refractivity contribution in [3.8, 4) is 0 Å². The molecule has 0 aliphatic heterocycles. The van der Waals surface area contributed by atoms with Crippen LogP contribution in [0.2, 0.25) is 0 Å². The van der Waals surface area contributed by atoms with Crippen molar-refractivity contribution in [3.63, 3.8) is 0 Å². The third-order valence-electron chi connectivity index (χ3n) is 1.90. The Labute approximate surface area is 89.5 Å². The monoisotopic (exact) mass is 217 g/mol. The summed E-state index contributed by atoms with van der Waals surface area (Å²) in [6.45, 7) is 0.753. The number of rotatable bonds is 7. The van der Waals surface area contributed by atoms with Gasteiger partial charge in [0.2, 0.25) is 11.8 Å². The van der Waals surface area contributed by atoms with E-state index in [9.17, 15) is 9.59 Å². The standard InChI is InChI=1S/C9H19N3O3/c1-11-8(13)3-5-12-9(14)7(10)4-6-15-2/h7H,3-6,10H2,1-2H3,(H,11,13)(H,12,14). The predicted molar refractivity (Wildman–Crippen MR) is 56.2 cm³/mol. The molecular weight excluding hydrogens is 198 g/mol. The van der Waals surface area contributed by atoms with Gasteiger partial charge in [-0.3, -0.25) is 9.59 Å². The van der Waals surface area contributed by atoms with Crippen molar-refractivity contribution >= 4 is 11.8 Å². The first-order valence-corrected chi connectivity index (χ1v) is 4.84. The van der Waals surface area contributed by atoms with Crippen LogP contribution in [0.1, 0.15) is 12.8 Å². The molecule has 0 aromatic rings. The van der Waals surface area contributed by atoms with E-state index >= 15 is 0 Å². The summed E-state index contributed by atoms with van der Waals surface area (Å²) < 4.78 is 4.80. The van der Waals surface area contributed by atoms with Crippen LogP contribution in [0.25, 0.3) is 0 Å². The first-order chi connectivity index (χ1) is 7.11. The van der Waals surface area contributed by atoms with Crippen LogP contribution in [-0.4, -0.2) is 45.2 Å². The minimum absolute atomic E-state index is 0.110. The lowest BCUT2D eigenvalue weighted by Crippen LogP contribution is -2.42. The fraction of sp³-hybridized carbons (Fsp3) is 0.778. The molecule has 0 spiro atoms. The van der Waals surface area contributed by atoms with Gasteiger partial charge in [-0.25, -0.2) is 0 Å². The van der Waals surface area contributed by atoms with Crippen molar-refractivity contribution in [1.29, 1.82) is 0 Å². The third kappa shape index (κ3) is 6.87. The zero-order valence-corrected chi connectivity index (χ0v) is 9.21. The lowest BCUT2D eigenvalue weighted by Gasteiger charge is -2.11. The van der Waals surface area contributed by atoms with Gasteiger partial charge >= 0.3 is 0 Å². The Kier molecular flexibility index (Phi) is 7.57. The summed E-state index contributed by atoms with van der Waals surface area (Å²) in [5.74, 6) is -0.364. The average Bonchev–Trinajstić information content (AvgIpc) is 2.25. The van der Waals surface area contributed by atoms with Gasteiger partial charge in [-0.15, -0.1) is 0 Å². The van der Waals surface area contributed by atoms with Crippen LogP contribution < -0.4 is 16.4 Å². The maximum absolute atomic E-state index is 11.3. The molecule has 15 heavy (non-hydrogen) atoms. The highest BCUT2D eigenvalue weighted by Crippen LogP contribution is 1.89. The molecule has 2 amide bonds. The smallest absolute Gasteiger partial charge is 0.237 e. The Bertz CT molecular complexity index is 209. The average molecular weight is 217 g/mol. The molecule has 0 aromatic heterocycles. The molecule has 0 heterocycles. The summed E-state index contributed by atoms with van der Waals surface area (Å²) in [5, 5.41) is 5.04. The van der Waals surface area contributed by atoms with E-state index in [0.717, 1.165) is 0 Å². The predicted octanol–water partition coefficient (Wildman–Crippen LogP) is -1.40. The van der Waals surface area contributed by atoms with Crippen molar-refractivity contribution in [2.45, 2.75) is 18.9 Å². The summed E-state index contributed by atoms with van der Waals surface area (Å²) >= 11 is 0. The van der Waals surface area contributed by atoms with E-state index in [1.807, 2.05) is 0 Å². The van der Waals surface area contributed by atoms with Crippen LogP contribution in [0.3, 0.4) is 0 Å². The number of ether oxygens (including phenoxy) is 1. The first-order valence-electron chi connectivity index (χ1n) is 4.84. The zero-order chi connectivity index (χ0) is 11.7. The molecule has 0 aliphatic carbocycles. The van der Waals surface area contributed by atoms with Crippen molar-refractivity contribution in [2.75, 3.05) is 27.3 Å². The fourth-order valence-corrected chi connectivity index (χ4v) is 0.931. The molecule has 1 unspecified atom stereocenters. The molecule has 1 atom stereocenters. The van der Waals surface area contributed by atoms with Crippen LogP contribution in [0, 0.1) is 0 Å². The molecule has 0 rings (SSSR count). The van der Waals surface area contributed by atoms with Gasteiger partial charge in [0, 0.05) is 33.7 Å². The summed E-state index contributed by atoms with van der Waals surface area (Å²) in [4.78, 5) is 22.1. The van der Waals surface area contributed by atoms with Crippen molar-refractivity contribution in [3.05, 3.63) is 0 Å². The normalized spacial score (nSPS) is 11.9. The number of nitrogens with one attached hydrogen (secondary N) is 2. The zero-order valence-electron chi connectivity index (χ0n) is 9.21. The lowest BCUT2D eigenvalue weighted by molar-refractivity contribution is -0.123. The molecule has 0 fully saturated rings. The molecule has 0 saturated carbocycles. The van der Waals surface area contributed by atoms with E-state index in [0.29, 0.717) is 19.6 Å². The molecule has 88 valence electrons. The molecule has 6 heteroatoms. The number of carbonyl (C=O) groups excluding carboxylic acids is 2. The van der Waals surface area contributed by atoms with Gasteiger partial charge in [-0.2, -0.15) is 0 Å². The molecule has 0 aliphatic rings. The quantitative estimate of drug-likeness (QED) is 0.489. The van der Waals surface area contributed by atoms with Crippen molar-refractivity contribution in [1.82, 2.24) is 10.6 Å². The second kappa shape index (κ2) is 8.19. The van der Waals surface area contributed by atoms with Crippen LogP contribution >= 0.6 is 0 Å². The Balaban J connectivity index is 3.59. The topological polar surface area (TPSA) is 93.5 Å². The molecule has 4 N–H and O–H groups in total. The van der Waals surface area contributed by atoms with Crippen molar-refractivity contribution < 1.29 is 14.3 Å². The number of hydrogen-bond acceptors (Lipinski definition) is 4. The summed E-state index contributed by atoms with van der Waals surface area (Å²) in [6.07, 6.45) is 0.738. The second-order valence-corrected chi connectivity index (χ2v) is 3.10. The lowest BCUT2D eigenvalue weighted by atomic mass is 10.2. The van der Waals surface area contributed by atoms with Gasteiger partial charge in [-0.1, -0.05) is 0 Å². The van der Waals surface area contributed by atoms with E-state index in [2.05, 4.69) is 10.6 Å². The Morgan fingerprint density at radius 2 is 2.13 bits per heavy atom. The molecule has 6 nitrogen and oxygen atoms in total. The second-order valence-electron chi connectivity index (χ2n) is 3.10. The van der Waals surface area contributed by atoms with Gasteiger partial charge in [-0.05, 0) is 6.42 Å². The molecule has 0 aromatic carbocycles. The Morgan fingerprint density at radius 1 is 1.47 bits per heavy atom. The number of amides is 2. The van der Waals surface area contributed by atoms with E-state index in [4.69, 9.17) is 10.5 Å². The Morgan fingerprint density at radius 3 is 2.67 bits per heavy atom. The van der Waals surface area contributed by atoms with Crippen LogP contribution in [0.15, 0.2) is 0 Å². The maximum atomic E-state index is 11.3. The SMILES string of the molecule is CNC(=O)CCNC(=O)C(N)CCOC.